The molecule has 0 aromatic carbocycles. The number of allylic oxidation sites excluding steroid dienone is 2. The van der Waals surface area contributed by atoms with Crippen LogP contribution >= 0.6 is 0 Å². The monoisotopic (exact) mass is 298 g/mol. The molecule has 0 spiro atoms. The van der Waals surface area contributed by atoms with Gasteiger partial charge in [-0.3, -0.25) is 14.4 Å². The van der Waals surface area contributed by atoms with E-state index in [0.717, 1.165) is 6.42 Å². The third kappa shape index (κ3) is 3.93. The van der Waals surface area contributed by atoms with Gasteiger partial charge in [-0.2, -0.15) is 0 Å². The molecule has 0 bridgehead atoms. The van der Waals surface area contributed by atoms with Crippen LogP contribution in [-0.2, 0) is 14.4 Å². The summed E-state index contributed by atoms with van der Waals surface area (Å²) in [6, 6.07) is 0. The van der Waals surface area contributed by atoms with E-state index < -0.39 is 34.5 Å². The zero-order valence-corrected chi connectivity index (χ0v) is 13.5. The van der Waals surface area contributed by atoms with Gasteiger partial charge in [0.25, 0.3) is 0 Å². The molecule has 0 saturated heterocycles. The molecule has 0 aliphatic heterocycles. The van der Waals surface area contributed by atoms with Gasteiger partial charge in [0.15, 0.2) is 5.78 Å². The maximum atomic E-state index is 12.6. The van der Waals surface area contributed by atoms with E-state index in [0.29, 0.717) is 12.8 Å². The van der Waals surface area contributed by atoms with E-state index in [4.69, 9.17) is 0 Å². The standard InChI is InChI=1S/C16H26O5/c1-6-7-8-9-10-11(2)12(17)16(13(18)19,14(20)21)15(3,4)5/h7-8,11H,6,9-10H2,1-5H3,(H,18,19)(H,20,21). The van der Waals surface area contributed by atoms with Crippen molar-refractivity contribution in [3.63, 3.8) is 0 Å². The van der Waals surface area contributed by atoms with Crippen LogP contribution in [0.2, 0.25) is 0 Å². The highest BCUT2D eigenvalue weighted by Gasteiger charge is 2.62. The lowest BCUT2D eigenvalue weighted by Crippen LogP contribution is -2.56. The molecule has 1 unspecified atom stereocenters. The van der Waals surface area contributed by atoms with Crippen LogP contribution in [-0.4, -0.2) is 27.9 Å². The van der Waals surface area contributed by atoms with Gasteiger partial charge < -0.3 is 10.2 Å². The van der Waals surface area contributed by atoms with E-state index in [9.17, 15) is 24.6 Å². The van der Waals surface area contributed by atoms with Crippen molar-refractivity contribution < 1.29 is 24.6 Å². The van der Waals surface area contributed by atoms with Gasteiger partial charge in [-0.1, -0.05) is 46.8 Å². The number of aliphatic carboxylic acids is 2. The van der Waals surface area contributed by atoms with E-state index in [1.54, 1.807) is 6.92 Å². The van der Waals surface area contributed by atoms with Gasteiger partial charge in [0, 0.05) is 5.92 Å². The maximum Gasteiger partial charge on any atom is 0.329 e. The lowest BCUT2D eigenvalue weighted by molar-refractivity contribution is -0.178. The number of hydrogen-bond acceptors (Lipinski definition) is 3. The average molecular weight is 298 g/mol. The van der Waals surface area contributed by atoms with Crippen molar-refractivity contribution in [1.82, 2.24) is 0 Å². The third-order valence-corrected chi connectivity index (χ3v) is 3.75. The lowest BCUT2D eigenvalue weighted by atomic mass is 9.61. The summed E-state index contributed by atoms with van der Waals surface area (Å²) < 4.78 is 0. The molecule has 21 heavy (non-hydrogen) atoms. The third-order valence-electron chi connectivity index (χ3n) is 3.75. The van der Waals surface area contributed by atoms with Gasteiger partial charge in [-0.05, 0) is 24.7 Å². The van der Waals surface area contributed by atoms with Crippen LogP contribution in [0.25, 0.3) is 0 Å². The van der Waals surface area contributed by atoms with Crippen LogP contribution in [0, 0.1) is 16.7 Å². The molecule has 0 saturated carbocycles. The van der Waals surface area contributed by atoms with Gasteiger partial charge in [-0.25, -0.2) is 0 Å². The maximum absolute atomic E-state index is 12.6. The SMILES string of the molecule is CCC=CCCC(C)C(=O)C(C(=O)O)(C(=O)O)C(C)(C)C. The van der Waals surface area contributed by atoms with Crippen molar-refractivity contribution in [2.45, 2.75) is 53.9 Å². The Bertz CT molecular complexity index is 414. The van der Waals surface area contributed by atoms with Crippen LogP contribution < -0.4 is 0 Å². The summed E-state index contributed by atoms with van der Waals surface area (Å²) in [5.74, 6) is -4.55. The first-order valence-corrected chi connectivity index (χ1v) is 7.19. The highest BCUT2D eigenvalue weighted by molar-refractivity contribution is 6.20. The van der Waals surface area contributed by atoms with E-state index in [2.05, 4.69) is 0 Å². The molecule has 5 heteroatoms. The van der Waals surface area contributed by atoms with Crippen molar-refractivity contribution in [3.8, 4) is 0 Å². The van der Waals surface area contributed by atoms with Crippen molar-refractivity contribution in [2.24, 2.45) is 16.7 Å². The number of hydrogen-bond donors (Lipinski definition) is 2. The first-order chi connectivity index (χ1) is 9.53. The molecule has 0 fully saturated rings. The second kappa shape index (κ2) is 7.38. The number of carboxylic acid groups (broad SMARTS) is 2. The van der Waals surface area contributed by atoms with Gasteiger partial charge in [-0.15, -0.1) is 0 Å². The highest BCUT2D eigenvalue weighted by atomic mass is 16.4. The van der Waals surface area contributed by atoms with Crippen LogP contribution in [0.5, 0.6) is 0 Å². The summed E-state index contributed by atoms with van der Waals surface area (Å²) in [6.07, 6.45) is 5.83. The molecule has 0 heterocycles. The topological polar surface area (TPSA) is 91.7 Å². The second-order valence-corrected chi connectivity index (χ2v) is 6.33. The zero-order chi connectivity index (χ0) is 16.8. The van der Waals surface area contributed by atoms with Crippen LogP contribution in [0.1, 0.15) is 53.9 Å². The smallest absolute Gasteiger partial charge is 0.329 e. The van der Waals surface area contributed by atoms with Crippen LogP contribution in [0.15, 0.2) is 12.2 Å². The summed E-state index contributed by atoms with van der Waals surface area (Å²) >= 11 is 0. The van der Waals surface area contributed by atoms with Crippen molar-refractivity contribution in [3.05, 3.63) is 12.2 Å². The number of carbonyl (C=O) groups excluding carboxylic acids is 1. The summed E-state index contributed by atoms with van der Waals surface area (Å²) in [5, 5.41) is 18.9. The Morgan fingerprint density at radius 1 is 1.05 bits per heavy atom. The first kappa shape index (κ1) is 19.4. The predicted molar refractivity (Wildman–Crippen MR) is 80.0 cm³/mol. The average Bonchev–Trinajstić information content (AvgIpc) is 2.32. The Morgan fingerprint density at radius 2 is 1.52 bits per heavy atom. The molecule has 5 nitrogen and oxygen atoms in total. The lowest BCUT2D eigenvalue weighted by Gasteiger charge is -2.37. The van der Waals surface area contributed by atoms with E-state index in [1.807, 2.05) is 19.1 Å². The Balaban J connectivity index is 5.46. The van der Waals surface area contributed by atoms with Crippen LogP contribution in [0.3, 0.4) is 0 Å². The molecular weight excluding hydrogens is 272 g/mol. The molecule has 2 N–H and O–H groups in total. The van der Waals surface area contributed by atoms with Gasteiger partial charge in [0.05, 0.1) is 0 Å². The summed E-state index contributed by atoms with van der Waals surface area (Å²) in [5.41, 5.74) is -3.63. The Kier molecular flexibility index (Phi) is 6.80. The fraction of sp³-hybridized carbons (Fsp3) is 0.688. The van der Waals surface area contributed by atoms with Crippen molar-refractivity contribution >= 4 is 17.7 Å². The fourth-order valence-electron chi connectivity index (χ4n) is 2.44. The largest absolute Gasteiger partial charge is 0.480 e. The number of carbonyl (C=O) groups is 3. The molecule has 0 amide bonds. The highest BCUT2D eigenvalue weighted by Crippen LogP contribution is 2.42. The number of carboxylic acids is 2. The molecule has 0 aromatic rings. The summed E-state index contributed by atoms with van der Waals surface area (Å²) in [4.78, 5) is 35.8. The first-order valence-electron chi connectivity index (χ1n) is 7.19. The van der Waals surface area contributed by atoms with E-state index >= 15 is 0 Å². The number of Topliss-reactive ketones (excluding diaryl/α,β-unsaturated/α-hetero) is 1. The summed E-state index contributed by atoms with van der Waals surface area (Å²) in [6.45, 7) is 7.99. The summed E-state index contributed by atoms with van der Waals surface area (Å²) in [7, 11) is 0. The Labute approximate surface area is 126 Å². The van der Waals surface area contributed by atoms with E-state index in [-0.39, 0.29) is 0 Å². The quantitative estimate of drug-likeness (QED) is 0.530. The Hall–Kier alpha value is -1.65. The van der Waals surface area contributed by atoms with E-state index in [1.165, 1.54) is 20.8 Å². The number of ketones is 1. The van der Waals surface area contributed by atoms with Crippen molar-refractivity contribution in [2.75, 3.05) is 0 Å². The molecule has 0 aliphatic rings. The Morgan fingerprint density at radius 3 is 1.86 bits per heavy atom. The molecule has 0 aliphatic carbocycles. The number of rotatable bonds is 8. The molecule has 120 valence electrons. The fourth-order valence-corrected chi connectivity index (χ4v) is 2.44. The normalized spacial score (nSPS) is 14.1. The second-order valence-electron chi connectivity index (χ2n) is 6.33. The molecule has 0 rings (SSSR count). The van der Waals surface area contributed by atoms with Crippen LogP contribution in [0.4, 0.5) is 0 Å². The predicted octanol–water partition coefficient (Wildman–Crippen LogP) is 3.14. The molecule has 0 radical (unpaired) electrons. The molecular formula is C16H26O5. The van der Waals surface area contributed by atoms with Gasteiger partial charge in [0.2, 0.25) is 5.41 Å². The zero-order valence-electron chi connectivity index (χ0n) is 13.5. The molecule has 1 atom stereocenters. The minimum Gasteiger partial charge on any atom is -0.480 e. The van der Waals surface area contributed by atoms with Crippen molar-refractivity contribution in [1.29, 1.82) is 0 Å². The minimum absolute atomic E-state index is 0.438. The van der Waals surface area contributed by atoms with Gasteiger partial charge in [0.1, 0.15) is 0 Å². The molecule has 0 aromatic heterocycles. The van der Waals surface area contributed by atoms with Gasteiger partial charge >= 0.3 is 11.9 Å². The minimum atomic E-state index is -2.42.